The highest BCUT2D eigenvalue weighted by atomic mass is 16.1. The molecule has 62 valence electrons. The zero-order valence-corrected chi connectivity index (χ0v) is 7.55. The molecular formula is C10H16O. The van der Waals surface area contributed by atoms with Crippen molar-refractivity contribution in [2.24, 2.45) is 11.3 Å². The predicted molar refractivity (Wildman–Crippen MR) is 46.3 cm³/mol. The molecule has 0 saturated heterocycles. The second-order valence-electron chi connectivity index (χ2n) is 3.98. The van der Waals surface area contributed by atoms with Gasteiger partial charge in [0.05, 0.1) is 0 Å². The summed E-state index contributed by atoms with van der Waals surface area (Å²) < 4.78 is 0. The Morgan fingerprint density at radius 1 is 1.64 bits per heavy atom. The van der Waals surface area contributed by atoms with Crippen molar-refractivity contribution in [1.82, 2.24) is 0 Å². The fourth-order valence-electron chi connectivity index (χ4n) is 1.54. The average molecular weight is 152 g/mol. The summed E-state index contributed by atoms with van der Waals surface area (Å²) in [5, 5.41) is 0. The lowest BCUT2D eigenvalue weighted by Gasteiger charge is -2.01. The van der Waals surface area contributed by atoms with Crippen molar-refractivity contribution < 1.29 is 4.79 Å². The van der Waals surface area contributed by atoms with Gasteiger partial charge in [0.25, 0.3) is 0 Å². The molecule has 0 heterocycles. The van der Waals surface area contributed by atoms with Gasteiger partial charge >= 0.3 is 0 Å². The van der Waals surface area contributed by atoms with Crippen LogP contribution in [0.1, 0.15) is 33.6 Å². The first kappa shape index (κ1) is 8.51. The fraction of sp³-hybridized carbons (Fsp3) is 0.700. The van der Waals surface area contributed by atoms with Crippen molar-refractivity contribution in [2.75, 3.05) is 0 Å². The van der Waals surface area contributed by atoms with Crippen molar-refractivity contribution >= 4 is 6.29 Å². The molecule has 0 N–H and O–H groups in total. The number of aldehydes is 1. The number of carbonyl (C=O) groups excluding carboxylic acids is 1. The van der Waals surface area contributed by atoms with Gasteiger partial charge in [-0.05, 0) is 29.7 Å². The molecule has 1 atom stereocenters. The first-order chi connectivity index (χ1) is 5.11. The summed E-state index contributed by atoms with van der Waals surface area (Å²) in [6, 6.07) is 0. The maximum atomic E-state index is 10.6. The van der Waals surface area contributed by atoms with Gasteiger partial charge in [0, 0.05) is 0 Å². The summed E-state index contributed by atoms with van der Waals surface area (Å²) in [5.74, 6) is 0.542. The maximum Gasteiger partial charge on any atom is 0.146 e. The van der Waals surface area contributed by atoms with Crippen LogP contribution >= 0.6 is 0 Å². The third kappa shape index (κ3) is 1.70. The van der Waals surface area contributed by atoms with E-state index in [-0.39, 0.29) is 0 Å². The third-order valence-electron chi connectivity index (χ3n) is 2.49. The van der Waals surface area contributed by atoms with E-state index in [0.29, 0.717) is 11.3 Å². The first-order valence-electron chi connectivity index (χ1n) is 4.27. The molecule has 0 aromatic carbocycles. The van der Waals surface area contributed by atoms with Crippen LogP contribution in [0, 0.1) is 11.3 Å². The van der Waals surface area contributed by atoms with Crippen molar-refractivity contribution in [3.05, 3.63) is 11.6 Å². The standard InChI is InChI=1S/C10H16O/c1-4-5-8(7-11)9-6-10(9,2)3/h5,7,9H,4,6H2,1-3H3/b8-5+. The van der Waals surface area contributed by atoms with Gasteiger partial charge < -0.3 is 0 Å². The van der Waals surface area contributed by atoms with E-state index in [0.717, 1.165) is 18.3 Å². The van der Waals surface area contributed by atoms with Gasteiger partial charge in [-0.1, -0.05) is 26.8 Å². The smallest absolute Gasteiger partial charge is 0.146 e. The molecule has 11 heavy (non-hydrogen) atoms. The summed E-state index contributed by atoms with van der Waals surface area (Å²) in [6.07, 6.45) is 5.22. The van der Waals surface area contributed by atoms with Crippen molar-refractivity contribution in [2.45, 2.75) is 33.6 Å². The average Bonchev–Trinajstić information content (AvgIpc) is 2.55. The quantitative estimate of drug-likeness (QED) is 0.448. The molecule has 0 aromatic rings. The van der Waals surface area contributed by atoms with Crippen LogP contribution in [0.15, 0.2) is 11.6 Å². The number of hydrogen-bond donors (Lipinski definition) is 0. The molecule has 1 fully saturated rings. The predicted octanol–water partition coefficient (Wildman–Crippen LogP) is 2.57. The second-order valence-corrected chi connectivity index (χ2v) is 3.98. The zero-order valence-electron chi connectivity index (χ0n) is 7.55. The van der Waals surface area contributed by atoms with Crippen LogP contribution in [0.2, 0.25) is 0 Å². The SMILES string of the molecule is CC/C=C(\C=O)C1CC1(C)C. The second kappa shape index (κ2) is 2.80. The number of allylic oxidation sites excluding steroid dienone is 2. The minimum Gasteiger partial charge on any atom is -0.298 e. The number of rotatable bonds is 3. The summed E-state index contributed by atoms with van der Waals surface area (Å²) in [4.78, 5) is 10.6. The van der Waals surface area contributed by atoms with Crippen molar-refractivity contribution in [3.63, 3.8) is 0 Å². The monoisotopic (exact) mass is 152 g/mol. The summed E-state index contributed by atoms with van der Waals surface area (Å²) in [7, 11) is 0. The van der Waals surface area contributed by atoms with E-state index in [1.54, 1.807) is 0 Å². The molecule has 0 aromatic heterocycles. The van der Waals surface area contributed by atoms with Crippen LogP contribution < -0.4 is 0 Å². The minimum absolute atomic E-state index is 0.391. The molecule has 1 heteroatoms. The van der Waals surface area contributed by atoms with E-state index >= 15 is 0 Å². The van der Waals surface area contributed by atoms with Crippen LogP contribution in [-0.2, 0) is 4.79 Å². The Labute approximate surface area is 68.5 Å². The Hall–Kier alpha value is -0.590. The Morgan fingerprint density at radius 2 is 2.18 bits per heavy atom. The lowest BCUT2D eigenvalue weighted by Crippen LogP contribution is -1.95. The summed E-state index contributed by atoms with van der Waals surface area (Å²) >= 11 is 0. The Kier molecular flexibility index (Phi) is 2.17. The fourth-order valence-corrected chi connectivity index (χ4v) is 1.54. The molecule has 1 rings (SSSR count). The summed E-state index contributed by atoms with van der Waals surface area (Å²) in [6.45, 7) is 6.49. The molecule has 0 radical (unpaired) electrons. The van der Waals surface area contributed by atoms with Crippen molar-refractivity contribution in [3.8, 4) is 0 Å². The lowest BCUT2D eigenvalue weighted by atomic mass is 10.0. The number of hydrogen-bond acceptors (Lipinski definition) is 1. The molecule has 0 bridgehead atoms. The van der Waals surface area contributed by atoms with E-state index in [4.69, 9.17) is 0 Å². The Bertz CT molecular complexity index is 189. The van der Waals surface area contributed by atoms with Gasteiger partial charge in [-0.25, -0.2) is 0 Å². The van der Waals surface area contributed by atoms with E-state index in [9.17, 15) is 4.79 Å². The molecule has 1 unspecified atom stereocenters. The van der Waals surface area contributed by atoms with Crippen LogP contribution in [-0.4, -0.2) is 6.29 Å². The highest BCUT2D eigenvalue weighted by Gasteiger charge is 2.47. The van der Waals surface area contributed by atoms with E-state index in [1.165, 1.54) is 6.42 Å². The molecule has 1 saturated carbocycles. The highest BCUT2D eigenvalue weighted by molar-refractivity contribution is 5.75. The first-order valence-corrected chi connectivity index (χ1v) is 4.27. The molecule has 1 nitrogen and oxygen atoms in total. The van der Waals surface area contributed by atoms with Crippen LogP contribution in [0.4, 0.5) is 0 Å². The normalized spacial score (nSPS) is 28.3. The summed E-state index contributed by atoms with van der Waals surface area (Å²) in [5.41, 5.74) is 1.40. The van der Waals surface area contributed by atoms with E-state index in [2.05, 4.69) is 20.8 Å². The van der Waals surface area contributed by atoms with Crippen LogP contribution in [0.3, 0.4) is 0 Å². The topological polar surface area (TPSA) is 17.1 Å². The lowest BCUT2D eigenvalue weighted by molar-refractivity contribution is -0.105. The molecule has 1 aliphatic rings. The molecular weight excluding hydrogens is 136 g/mol. The largest absolute Gasteiger partial charge is 0.298 e. The Morgan fingerprint density at radius 3 is 2.45 bits per heavy atom. The number of carbonyl (C=O) groups is 1. The molecule has 0 amide bonds. The van der Waals surface area contributed by atoms with E-state index in [1.807, 2.05) is 6.08 Å². The van der Waals surface area contributed by atoms with Gasteiger partial charge in [0.2, 0.25) is 0 Å². The maximum absolute atomic E-state index is 10.6. The molecule has 1 aliphatic carbocycles. The van der Waals surface area contributed by atoms with Gasteiger partial charge in [-0.3, -0.25) is 4.79 Å². The molecule has 0 aliphatic heterocycles. The van der Waals surface area contributed by atoms with Crippen LogP contribution in [0.25, 0.3) is 0 Å². The Balaban J connectivity index is 2.60. The van der Waals surface area contributed by atoms with Gasteiger partial charge in [0.15, 0.2) is 0 Å². The zero-order chi connectivity index (χ0) is 8.48. The van der Waals surface area contributed by atoms with Crippen molar-refractivity contribution in [1.29, 1.82) is 0 Å². The highest BCUT2D eigenvalue weighted by Crippen LogP contribution is 2.55. The van der Waals surface area contributed by atoms with Crippen LogP contribution in [0.5, 0.6) is 0 Å². The van der Waals surface area contributed by atoms with E-state index < -0.39 is 0 Å². The third-order valence-corrected chi connectivity index (χ3v) is 2.49. The molecule has 0 spiro atoms. The van der Waals surface area contributed by atoms with Gasteiger partial charge in [0.1, 0.15) is 6.29 Å². The van der Waals surface area contributed by atoms with Gasteiger partial charge in [-0.15, -0.1) is 0 Å². The minimum atomic E-state index is 0.391. The van der Waals surface area contributed by atoms with Gasteiger partial charge in [-0.2, -0.15) is 0 Å².